The van der Waals surface area contributed by atoms with Gasteiger partial charge in [-0.2, -0.15) is 13.2 Å². The summed E-state index contributed by atoms with van der Waals surface area (Å²) in [6.07, 6.45) is -1.45. The lowest BCUT2D eigenvalue weighted by atomic mass is 10.1. The van der Waals surface area contributed by atoms with Gasteiger partial charge in [0.2, 0.25) is 0 Å². The Morgan fingerprint density at radius 3 is 2.56 bits per heavy atom. The average Bonchev–Trinajstić information content (AvgIpc) is 2.94. The van der Waals surface area contributed by atoms with Gasteiger partial charge < -0.3 is 20.4 Å². The van der Waals surface area contributed by atoms with Gasteiger partial charge in [-0.1, -0.05) is 30.3 Å². The Hall–Kier alpha value is -3.23. The fourth-order valence-electron chi connectivity index (χ4n) is 2.90. The summed E-state index contributed by atoms with van der Waals surface area (Å²) in [6.45, 7) is -1.68. The molecule has 3 N–H and O–H groups in total. The third kappa shape index (κ3) is 3.97. The number of rotatable bonds is 6. The summed E-state index contributed by atoms with van der Waals surface area (Å²) in [7, 11) is 0. The van der Waals surface area contributed by atoms with Crippen LogP contribution in [0.3, 0.4) is 0 Å². The van der Waals surface area contributed by atoms with E-state index in [2.05, 4.69) is 5.32 Å². The van der Waals surface area contributed by atoms with Gasteiger partial charge in [0.15, 0.2) is 23.8 Å². The minimum absolute atomic E-state index is 0.145. The zero-order valence-electron chi connectivity index (χ0n) is 14.0. The van der Waals surface area contributed by atoms with Crippen LogP contribution in [-0.4, -0.2) is 29.0 Å². The van der Waals surface area contributed by atoms with E-state index < -0.39 is 18.7 Å². The van der Waals surface area contributed by atoms with Crippen molar-refractivity contribution >= 4 is 17.8 Å². The van der Waals surface area contributed by atoms with E-state index in [9.17, 15) is 22.8 Å². The Balaban J connectivity index is 2.05. The minimum atomic E-state index is -4.58. The van der Waals surface area contributed by atoms with Gasteiger partial charge in [-0.25, -0.2) is 0 Å². The molecule has 9 heteroatoms. The molecule has 0 fully saturated rings. The summed E-state index contributed by atoms with van der Waals surface area (Å²) in [6, 6.07) is 8.35. The molecule has 1 aromatic heterocycles. The Labute approximate surface area is 152 Å². The van der Waals surface area contributed by atoms with Crippen LogP contribution in [0.5, 0.6) is 5.75 Å². The second-order valence-electron chi connectivity index (χ2n) is 5.90. The van der Waals surface area contributed by atoms with Gasteiger partial charge in [0.05, 0.1) is 12.2 Å². The molecule has 0 saturated carbocycles. The number of fused-ring (bicyclic) bond motifs is 1. The molecule has 6 nitrogen and oxygen atoms in total. The van der Waals surface area contributed by atoms with E-state index in [0.29, 0.717) is 16.8 Å². The number of primary amides is 1. The molecule has 1 aliphatic heterocycles. The van der Waals surface area contributed by atoms with Crippen molar-refractivity contribution in [1.82, 2.24) is 9.88 Å². The number of hydrogen-bond donors (Lipinski definition) is 2. The first-order valence-electron chi connectivity index (χ1n) is 8.01. The van der Waals surface area contributed by atoms with Crippen molar-refractivity contribution < 1.29 is 27.5 Å². The lowest BCUT2D eigenvalue weighted by Crippen LogP contribution is -2.24. The molecular formula is C18H16F3N3O3. The molecule has 27 heavy (non-hydrogen) atoms. The zero-order valence-corrected chi connectivity index (χ0v) is 14.0. The number of Topliss-reactive ketones (excluding diaryl/α,β-unsaturated/α-hetero) is 1. The van der Waals surface area contributed by atoms with Crippen LogP contribution in [-0.2, 0) is 13.1 Å². The molecule has 0 radical (unpaired) electrons. The second kappa shape index (κ2) is 7.18. The zero-order chi connectivity index (χ0) is 19.6. The van der Waals surface area contributed by atoms with Gasteiger partial charge in [0, 0.05) is 17.7 Å². The minimum Gasteiger partial charge on any atom is -0.481 e. The summed E-state index contributed by atoms with van der Waals surface area (Å²) in [5.41, 5.74) is 6.30. The summed E-state index contributed by atoms with van der Waals surface area (Å²) >= 11 is 0. The van der Waals surface area contributed by atoms with E-state index in [1.165, 1.54) is 4.57 Å². The summed E-state index contributed by atoms with van der Waals surface area (Å²) in [4.78, 5) is 24.6. The van der Waals surface area contributed by atoms with Crippen molar-refractivity contribution in [2.45, 2.75) is 19.3 Å². The molecule has 0 unspecified atom stereocenters. The quantitative estimate of drug-likeness (QED) is 0.755. The van der Waals surface area contributed by atoms with Gasteiger partial charge in [0.1, 0.15) is 0 Å². The maximum atomic E-state index is 12.6. The molecule has 1 aromatic carbocycles. The first-order chi connectivity index (χ1) is 12.8. The number of hydrogen-bond acceptors (Lipinski definition) is 4. The average molecular weight is 379 g/mol. The molecule has 2 heterocycles. The molecule has 0 aliphatic carbocycles. The highest BCUT2D eigenvalue weighted by molar-refractivity contribution is 5.99. The van der Waals surface area contributed by atoms with Crippen LogP contribution in [0.4, 0.5) is 13.2 Å². The van der Waals surface area contributed by atoms with Crippen LogP contribution in [0.1, 0.15) is 32.1 Å². The van der Waals surface area contributed by atoms with Crippen LogP contribution in [0.15, 0.2) is 36.5 Å². The molecular weight excluding hydrogens is 363 g/mol. The van der Waals surface area contributed by atoms with Gasteiger partial charge in [-0.3, -0.25) is 9.59 Å². The van der Waals surface area contributed by atoms with E-state index in [4.69, 9.17) is 10.5 Å². The highest BCUT2D eigenvalue weighted by Crippen LogP contribution is 2.34. The molecule has 1 aliphatic rings. The number of amides is 1. The molecule has 2 aromatic rings. The molecule has 142 valence electrons. The van der Waals surface area contributed by atoms with Crippen molar-refractivity contribution in [3.8, 4) is 5.75 Å². The van der Waals surface area contributed by atoms with Crippen molar-refractivity contribution in [1.29, 1.82) is 0 Å². The maximum Gasteiger partial charge on any atom is 0.422 e. The van der Waals surface area contributed by atoms with E-state index in [0.717, 1.165) is 0 Å². The van der Waals surface area contributed by atoms with Crippen molar-refractivity contribution in [3.05, 3.63) is 59.0 Å². The third-order valence-electron chi connectivity index (χ3n) is 4.01. The largest absolute Gasteiger partial charge is 0.481 e. The number of halogens is 3. The summed E-state index contributed by atoms with van der Waals surface area (Å²) in [5, 5.41) is 2.85. The van der Waals surface area contributed by atoms with Crippen molar-refractivity contribution in [2.24, 2.45) is 5.73 Å². The predicted octanol–water partition coefficient (Wildman–Crippen LogP) is 2.48. The molecule has 0 bridgehead atoms. The smallest absolute Gasteiger partial charge is 0.422 e. The van der Waals surface area contributed by atoms with E-state index in [1.807, 2.05) is 0 Å². The third-order valence-corrected chi connectivity index (χ3v) is 4.01. The first-order valence-corrected chi connectivity index (χ1v) is 8.01. The fraction of sp³-hybridized carbons (Fsp3) is 0.222. The number of nitrogens with one attached hydrogen (secondary N) is 1. The van der Waals surface area contributed by atoms with Gasteiger partial charge in [-0.05, 0) is 12.3 Å². The number of benzene rings is 1. The van der Waals surface area contributed by atoms with E-state index >= 15 is 0 Å². The first kappa shape index (κ1) is 18.6. The number of carbonyl (C=O) groups is 2. The van der Waals surface area contributed by atoms with Gasteiger partial charge in [-0.15, -0.1) is 0 Å². The highest BCUT2D eigenvalue weighted by atomic mass is 19.4. The van der Waals surface area contributed by atoms with Crippen LogP contribution in [0.2, 0.25) is 0 Å². The topological polar surface area (TPSA) is 86.4 Å². The van der Waals surface area contributed by atoms with Crippen molar-refractivity contribution in [2.75, 3.05) is 6.61 Å². The second-order valence-corrected chi connectivity index (χ2v) is 5.90. The van der Waals surface area contributed by atoms with Gasteiger partial charge >= 0.3 is 6.18 Å². The molecule has 3 rings (SSSR count). The van der Waals surface area contributed by atoms with Crippen molar-refractivity contribution in [3.63, 3.8) is 0 Å². The monoisotopic (exact) mass is 379 g/mol. The van der Waals surface area contributed by atoms with Crippen LogP contribution in [0, 0.1) is 0 Å². The van der Waals surface area contributed by atoms with Crippen LogP contribution >= 0.6 is 0 Å². The number of alkyl halides is 3. The lowest BCUT2D eigenvalue weighted by Gasteiger charge is -2.13. The van der Waals surface area contributed by atoms with Crippen LogP contribution < -0.4 is 15.8 Å². The molecule has 0 spiro atoms. The Kier molecular flexibility index (Phi) is 4.93. The van der Waals surface area contributed by atoms with E-state index in [1.54, 1.807) is 42.6 Å². The van der Waals surface area contributed by atoms with E-state index in [-0.39, 0.29) is 30.3 Å². The summed E-state index contributed by atoms with van der Waals surface area (Å²) < 4.78 is 44.0. The Morgan fingerprint density at radius 2 is 1.93 bits per heavy atom. The number of nitrogens with two attached hydrogens (primary N) is 1. The molecule has 0 atom stereocenters. The summed E-state index contributed by atoms with van der Waals surface area (Å²) in [5.74, 6) is -1.55. The lowest BCUT2D eigenvalue weighted by molar-refractivity contribution is -0.153. The fourth-order valence-corrected chi connectivity index (χ4v) is 2.90. The number of carbonyl (C=O) groups excluding carboxylic acids is 2. The number of nitrogens with zero attached hydrogens (tertiary/aromatic N) is 1. The number of ether oxygens (including phenoxy) is 1. The van der Waals surface area contributed by atoms with Gasteiger partial charge in [0.25, 0.3) is 5.91 Å². The van der Waals surface area contributed by atoms with Crippen LogP contribution in [0.25, 0.3) is 6.08 Å². The normalized spacial score (nSPS) is 13.0. The SMILES string of the molecule is NC(=O)c1c(OCC(F)(F)F)c2c(n1CC(=O)c1ccccc1)C=CNC2. The maximum absolute atomic E-state index is 12.6. The highest BCUT2D eigenvalue weighted by Gasteiger charge is 2.33. The molecule has 1 amide bonds. The predicted molar refractivity (Wildman–Crippen MR) is 91.1 cm³/mol. The number of ketones is 1. The Bertz CT molecular complexity index is 902. The molecule has 0 saturated heterocycles. The Morgan fingerprint density at radius 1 is 1.22 bits per heavy atom. The standard InChI is InChI=1S/C18H16F3N3O3/c19-18(20,21)10-27-16-12-8-23-7-6-13(12)24(15(16)17(22)26)9-14(25)11-4-2-1-3-5-11/h1-7,23H,8-10H2,(H2,22,26). The number of aromatic nitrogens is 1.